The van der Waals surface area contributed by atoms with Crippen molar-refractivity contribution in [1.29, 1.82) is 0 Å². The average molecular weight is 308 g/mol. The van der Waals surface area contributed by atoms with Gasteiger partial charge in [-0.15, -0.1) is 0 Å². The Morgan fingerprint density at radius 3 is 3.10 bits per heavy atom. The molecular weight excluding hydrogens is 294 g/mol. The number of nitrogens with two attached hydrogens (primary N) is 1. The first-order chi connectivity index (χ1) is 9.56. The van der Waals surface area contributed by atoms with Crippen LogP contribution in [-0.4, -0.2) is 33.6 Å². The molecule has 7 heteroatoms. The van der Waals surface area contributed by atoms with Crippen molar-refractivity contribution in [3.05, 3.63) is 23.5 Å². The quantitative estimate of drug-likeness (QED) is 0.818. The largest absolute Gasteiger partial charge is 0.383 e. The number of amidine groups is 1. The molecule has 0 radical (unpaired) electrons. The summed E-state index contributed by atoms with van der Waals surface area (Å²) in [6.45, 7) is 2.95. The van der Waals surface area contributed by atoms with Gasteiger partial charge in [0.1, 0.15) is 17.2 Å². The number of hydrogen-bond acceptors (Lipinski definition) is 6. The summed E-state index contributed by atoms with van der Waals surface area (Å²) < 4.78 is 0. The molecule has 3 rings (SSSR count). The average Bonchev–Trinajstić information content (AvgIpc) is 2.90. The van der Waals surface area contributed by atoms with Crippen LogP contribution in [0.1, 0.15) is 24.1 Å². The molecule has 0 spiro atoms. The van der Waals surface area contributed by atoms with Crippen LogP contribution in [0.15, 0.2) is 22.2 Å². The SMILES string of the molecule is CC(C1=NC(N)C(=S)C(Cl)=N1)c1cc2c(cn1)NCC2. The molecule has 0 bridgehead atoms. The van der Waals surface area contributed by atoms with Crippen LogP contribution in [0.3, 0.4) is 0 Å². The van der Waals surface area contributed by atoms with Gasteiger partial charge in [0, 0.05) is 6.54 Å². The molecule has 20 heavy (non-hydrogen) atoms. The normalized spacial score (nSPS) is 22.8. The van der Waals surface area contributed by atoms with Gasteiger partial charge in [0.2, 0.25) is 0 Å². The zero-order valence-electron chi connectivity index (χ0n) is 10.9. The Kier molecular flexibility index (Phi) is 3.54. The van der Waals surface area contributed by atoms with E-state index in [1.54, 1.807) is 0 Å². The van der Waals surface area contributed by atoms with E-state index in [2.05, 4.69) is 26.4 Å². The Labute approximate surface area is 127 Å². The fraction of sp³-hybridized carbons (Fsp3) is 0.385. The fourth-order valence-corrected chi connectivity index (χ4v) is 2.60. The molecule has 5 nitrogen and oxygen atoms in total. The Hall–Kier alpha value is -1.37. The molecular formula is C13H14ClN5S. The topological polar surface area (TPSA) is 75.7 Å². The van der Waals surface area contributed by atoms with E-state index in [1.807, 2.05) is 13.1 Å². The van der Waals surface area contributed by atoms with Gasteiger partial charge in [0.15, 0.2) is 0 Å². The number of fused-ring (bicyclic) bond motifs is 1. The molecule has 0 saturated heterocycles. The third-order valence-corrected chi connectivity index (χ3v) is 4.34. The number of nitrogens with one attached hydrogen (secondary N) is 1. The molecule has 0 aromatic carbocycles. The van der Waals surface area contributed by atoms with Crippen molar-refractivity contribution in [2.75, 3.05) is 11.9 Å². The molecule has 2 aliphatic rings. The van der Waals surface area contributed by atoms with Gasteiger partial charge in [-0.3, -0.25) is 4.98 Å². The molecule has 104 valence electrons. The van der Waals surface area contributed by atoms with Crippen molar-refractivity contribution in [2.45, 2.75) is 25.4 Å². The van der Waals surface area contributed by atoms with Crippen LogP contribution in [0.5, 0.6) is 0 Å². The van der Waals surface area contributed by atoms with Crippen LogP contribution in [0.25, 0.3) is 0 Å². The van der Waals surface area contributed by atoms with E-state index in [9.17, 15) is 0 Å². The van der Waals surface area contributed by atoms with Crippen LogP contribution < -0.4 is 11.1 Å². The Balaban J connectivity index is 1.91. The zero-order valence-corrected chi connectivity index (χ0v) is 12.5. The molecule has 0 aliphatic carbocycles. The number of pyridine rings is 1. The molecule has 3 N–H and O–H groups in total. The molecule has 1 aromatic heterocycles. The van der Waals surface area contributed by atoms with Gasteiger partial charge < -0.3 is 11.1 Å². The summed E-state index contributed by atoms with van der Waals surface area (Å²) in [6.07, 6.45) is 2.27. The predicted molar refractivity (Wildman–Crippen MR) is 86.1 cm³/mol. The van der Waals surface area contributed by atoms with Crippen molar-refractivity contribution in [1.82, 2.24) is 4.98 Å². The molecule has 0 fully saturated rings. The molecule has 0 saturated carbocycles. The minimum atomic E-state index is -0.594. The van der Waals surface area contributed by atoms with Crippen LogP contribution in [0.2, 0.25) is 0 Å². The number of aromatic nitrogens is 1. The lowest BCUT2D eigenvalue weighted by atomic mass is 10.0. The van der Waals surface area contributed by atoms with Crippen LogP contribution in [0.4, 0.5) is 5.69 Å². The minimum absolute atomic E-state index is 0.0659. The highest BCUT2D eigenvalue weighted by atomic mass is 35.5. The van der Waals surface area contributed by atoms with Crippen molar-refractivity contribution < 1.29 is 0 Å². The second-order valence-electron chi connectivity index (χ2n) is 4.86. The number of aliphatic imine (C=N–C) groups is 2. The Morgan fingerprint density at radius 1 is 1.55 bits per heavy atom. The van der Waals surface area contributed by atoms with Gasteiger partial charge >= 0.3 is 0 Å². The summed E-state index contributed by atoms with van der Waals surface area (Å²) >= 11 is 11.1. The summed E-state index contributed by atoms with van der Waals surface area (Å²) in [7, 11) is 0. The van der Waals surface area contributed by atoms with Crippen molar-refractivity contribution in [3.63, 3.8) is 0 Å². The summed E-state index contributed by atoms with van der Waals surface area (Å²) in [5.41, 5.74) is 9.13. The lowest BCUT2D eigenvalue weighted by Gasteiger charge is -2.19. The van der Waals surface area contributed by atoms with Crippen molar-refractivity contribution in [2.24, 2.45) is 15.7 Å². The minimum Gasteiger partial charge on any atom is -0.383 e. The number of hydrogen-bond donors (Lipinski definition) is 2. The van der Waals surface area contributed by atoms with Gasteiger partial charge in [-0.2, -0.15) is 0 Å². The maximum atomic E-state index is 6.00. The highest BCUT2D eigenvalue weighted by Crippen LogP contribution is 2.26. The van der Waals surface area contributed by atoms with E-state index in [4.69, 9.17) is 29.6 Å². The Morgan fingerprint density at radius 2 is 2.35 bits per heavy atom. The summed E-state index contributed by atoms with van der Waals surface area (Å²) in [6, 6.07) is 2.09. The highest BCUT2D eigenvalue weighted by Gasteiger charge is 2.25. The number of thiocarbonyl (C=S) groups is 1. The monoisotopic (exact) mass is 307 g/mol. The van der Waals surface area contributed by atoms with E-state index in [0.29, 0.717) is 10.7 Å². The van der Waals surface area contributed by atoms with Crippen molar-refractivity contribution in [3.8, 4) is 0 Å². The van der Waals surface area contributed by atoms with Gasteiger partial charge in [0.05, 0.1) is 28.4 Å². The number of nitrogens with zero attached hydrogens (tertiary/aromatic N) is 3. The van der Waals surface area contributed by atoms with E-state index in [-0.39, 0.29) is 11.1 Å². The number of rotatable bonds is 2. The maximum Gasteiger partial charge on any atom is 0.148 e. The first kappa shape index (κ1) is 13.6. The summed E-state index contributed by atoms with van der Waals surface area (Å²) in [5, 5.41) is 3.54. The Bertz CT molecular complexity index is 640. The van der Waals surface area contributed by atoms with E-state index in [1.165, 1.54) is 5.56 Å². The predicted octanol–water partition coefficient (Wildman–Crippen LogP) is 1.86. The first-order valence-electron chi connectivity index (χ1n) is 6.40. The van der Waals surface area contributed by atoms with Gasteiger partial charge in [-0.25, -0.2) is 9.98 Å². The standard InChI is InChI=1S/C13H14ClN5S/c1-6(13-18-11(14)10(20)12(15)19-13)8-4-7-2-3-16-9(7)5-17-8/h4-6,12,16H,2-3,15H2,1H3. The number of anilines is 1. The summed E-state index contributed by atoms with van der Waals surface area (Å²) in [4.78, 5) is 13.4. The van der Waals surface area contributed by atoms with E-state index < -0.39 is 6.17 Å². The van der Waals surface area contributed by atoms with Crippen molar-refractivity contribution >= 4 is 45.4 Å². The van der Waals surface area contributed by atoms with E-state index >= 15 is 0 Å². The highest BCUT2D eigenvalue weighted by molar-refractivity contribution is 7.82. The smallest absolute Gasteiger partial charge is 0.148 e. The molecule has 2 aliphatic heterocycles. The molecule has 0 amide bonds. The lowest BCUT2D eigenvalue weighted by molar-refractivity contribution is 0.874. The van der Waals surface area contributed by atoms with Crippen LogP contribution in [-0.2, 0) is 6.42 Å². The first-order valence-corrected chi connectivity index (χ1v) is 7.19. The van der Waals surface area contributed by atoms with E-state index in [0.717, 1.165) is 24.3 Å². The molecule has 3 heterocycles. The maximum absolute atomic E-state index is 6.00. The molecule has 2 unspecified atom stereocenters. The second kappa shape index (κ2) is 5.20. The zero-order chi connectivity index (χ0) is 14.3. The number of halogens is 1. The van der Waals surface area contributed by atoms with Gasteiger partial charge in [-0.05, 0) is 25.0 Å². The molecule has 2 atom stereocenters. The van der Waals surface area contributed by atoms with Gasteiger partial charge in [-0.1, -0.05) is 23.8 Å². The third kappa shape index (κ3) is 2.34. The summed E-state index contributed by atoms with van der Waals surface area (Å²) in [5.74, 6) is 0.512. The molecule has 1 aromatic rings. The lowest BCUT2D eigenvalue weighted by Crippen LogP contribution is -2.36. The van der Waals surface area contributed by atoms with Crippen LogP contribution >= 0.6 is 23.8 Å². The van der Waals surface area contributed by atoms with Crippen LogP contribution in [0, 0.1) is 0 Å². The third-order valence-electron chi connectivity index (χ3n) is 3.51. The van der Waals surface area contributed by atoms with Gasteiger partial charge in [0.25, 0.3) is 0 Å². The second-order valence-corrected chi connectivity index (χ2v) is 5.66. The fourth-order valence-electron chi connectivity index (χ4n) is 2.30.